The van der Waals surface area contributed by atoms with Crippen molar-refractivity contribution < 1.29 is 9.18 Å². The van der Waals surface area contributed by atoms with E-state index in [-0.39, 0.29) is 11.6 Å². The number of carbonyl (C=O) groups excluding carboxylic acids is 1. The molecule has 0 fully saturated rings. The molecule has 0 unspecified atom stereocenters. The van der Waals surface area contributed by atoms with Gasteiger partial charge in [-0.2, -0.15) is 5.10 Å². The smallest absolute Gasteiger partial charge is 0.176 e. The molecule has 0 radical (unpaired) electrons. The molecule has 5 heteroatoms. The van der Waals surface area contributed by atoms with Crippen LogP contribution >= 0.6 is 0 Å². The van der Waals surface area contributed by atoms with Crippen LogP contribution in [-0.2, 0) is 10.2 Å². The molecule has 0 amide bonds. The lowest BCUT2D eigenvalue weighted by atomic mass is 9.72. The molecule has 4 nitrogen and oxygen atoms in total. The summed E-state index contributed by atoms with van der Waals surface area (Å²) in [6, 6.07) is 15.0. The van der Waals surface area contributed by atoms with Crippen LogP contribution in [0.4, 0.5) is 10.1 Å². The minimum atomic E-state index is -0.542. The number of halogens is 1. The highest BCUT2D eigenvalue weighted by Crippen LogP contribution is 2.39. The Kier molecular flexibility index (Phi) is 5.94. The molecule has 1 aliphatic rings. The van der Waals surface area contributed by atoms with Crippen LogP contribution in [0.3, 0.4) is 0 Å². The van der Waals surface area contributed by atoms with Crippen molar-refractivity contribution in [2.24, 2.45) is 5.10 Å². The van der Waals surface area contributed by atoms with Crippen molar-refractivity contribution in [1.29, 1.82) is 0 Å². The van der Waals surface area contributed by atoms with Gasteiger partial charge in [0.25, 0.3) is 0 Å². The Morgan fingerprint density at radius 1 is 1.21 bits per heavy atom. The third-order valence-electron chi connectivity index (χ3n) is 5.34. The molecule has 0 bridgehead atoms. The average Bonchev–Trinajstić information content (AvgIpc) is 3.05. The highest BCUT2D eigenvalue weighted by molar-refractivity contribution is 6.43. The topological polar surface area (TPSA) is 35.9 Å². The van der Waals surface area contributed by atoms with Gasteiger partial charge in [-0.15, -0.1) is 0 Å². The van der Waals surface area contributed by atoms with Crippen molar-refractivity contribution in [3.8, 4) is 0 Å². The second-order valence-electron chi connectivity index (χ2n) is 7.87. The first-order chi connectivity index (χ1) is 13.3. The molecular formula is C23H28FN3O. The molecule has 1 aliphatic heterocycles. The van der Waals surface area contributed by atoms with Crippen LogP contribution in [0.15, 0.2) is 53.6 Å². The van der Waals surface area contributed by atoms with Crippen LogP contribution in [-0.4, -0.2) is 43.6 Å². The quantitative estimate of drug-likeness (QED) is 0.722. The van der Waals surface area contributed by atoms with E-state index < -0.39 is 5.41 Å². The second-order valence-corrected chi connectivity index (χ2v) is 7.87. The van der Waals surface area contributed by atoms with Gasteiger partial charge in [-0.3, -0.25) is 9.80 Å². The Labute approximate surface area is 166 Å². The summed E-state index contributed by atoms with van der Waals surface area (Å²) in [4.78, 5) is 14.7. The van der Waals surface area contributed by atoms with Gasteiger partial charge in [0.1, 0.15) is 11.5 Å². The fourth-order valence-electron chi connectivity index (χ4n) is 3.97. The third kappa shape index (κ3) is 3.99. The molecule has 3 rings (SSSR count). The van der Waals surface area contributed by atoms with Gasteiger partial charge in [-0.05, 0) is 63.7 Å². The number of hydrogen-bond acceptors (Lipinski definition) is 4. The van der Waals surface area contributed by atoms with Crippen molar-refractivity contribution in [2.45, 2.75) is 32.1 Å². The molecule has 0 aromatic heterocycles. The highest BCUT2D eigenvalue weighted by atomic mass is 19.1. The molecule has 0 saturated heterocycles. The van der Waals surface area contributed by atoms with Crippen LogP contribution in [0.1, 0.15) is 30.9 Å². The van der Waals surface area contributed by atoms with E-state index in [9.17, 15) is 9.18 Å². The number of hydrogen-bond donors (Lipinski definition) is 0. The van der Waals surface area contributed by atoms with Crippen LogP contribution in [0.2, 0.25) is 0 Å². The largest absolute Gasteiger partial charge is 0.309 e. The van der Waals surface area contributed by atoms with Gasteiger partial charge < -0.3 is 4.90 Å². The van der Waals surface area contributed by atoms with Gasteiger partial charge in [0.2, 0.25) is 0 Å². The number of benzene rings is 2. The summed E-state index contributed by atoms with van der Waals surface area (Å²) in [5.41, 5.74) is 2.40. The maximum absolute atomic E-state index is 14.6. The Balaban J connectivity index is 2.06. The summed E-state index contributed by atoms with van der Waals surface area (Å²) in [5, 5.41) is 6.30. The molecule has 0 saturated carbocycles. The summed E-state index contributed by atoms with van der Waals surface area (Å²) >= 11 is 0. The normalized spacial score (nSPS) is 19.2. The number of carbonyl (C=O) groups is 1. The van der Waals surface area contributed by atoms with E-state index in [0.29, 0.717) is 17.9 Å². The molecule has 148 valence electrons. The number of rotatable bonds is 7. The Bertz CT molecular complexity index is 879. The predicted octanol–water partition coefficient (Wildman–Crippen LogP) is 4.18. The van der Waals surface area contributed by atoms with Crippen LogP contribution < -0.4 is 5.01 Å². The van der Waals surface area contributed by atoms with Gasteiger partial charge >= 0.3 is 0 Å². The molecule has 28 heavy (non-hydrogen) atoms. The standard InChI is InChI=1S/C23H28FN3O/c1-17-11-12-20(24)21(15-17)27-16-23(13-8-14-26(3)4,22(25-27)18(2)28)19-9-6-5-7-10-19/h5-7,9-12,15H,8,13-14,16H2,1-4H3/t23-/m0/s1. The monoisotopic (exact) mass is 381 g/mol. The number of ketones is 1. The van der Waals surface area contributed by atoms with Crippen LogP contribution in [0.5, 0.6) is 0 Å². The van der Waals surface area contributed by atoms with Crippen LogP contribution in [0.25, 0.3) is 0 Å². The van der Waals surface area contributed by atoms with Gasteiger partial charge in [-0.1, -0.05) is 36.4 Å². The first-order valence-corrected chi connectivity index (χ1v) is 9.67. The van der Waals surface area contributed by atoms with Crippen LogP contribution in [0, 0.1) is 12.7 Å². The van der Waals surface area contributed by atoms with Crippen molar-refractivity contribution in [3.05, 3.63) is 65.5 Å². The number of Topliss-reactive ketones (excluding diaryl/α,β-unsaturated/α-hetero) is 1. The summed E-state index contributed by atoms with van der Waals surface area (Å²) in [6.07, 6.45) is 1.69. The van der Waals surface area contributed by atoms with Crippen molar-refractivity contribution in [1.82, 2.24) is 4.90 Å². The molecular weight excluding hydrogens is 353 g/mol. The van der Waals surface area contributed by atoms with E-state index >= 15 is 0 Å². The maximum atomic E-state index is 14.6. The summed E-state index contributed by atoms with van der Waals surface area (Å²) in [5.74, 6) is -0.390. The molecule has 1 atom stereocenters. The molecule has 2 aromatic rings. The van der Waals surface area contributed by atoms with Gasteiger partial charge in [0, 0.05) is 6.92 Å². The molecule has 0 aliphatic carbocycles. The Morgan fingerprint density at radius 3 is 2.57 bits per heavy atom. The minimum absolute atomic E-state index is 0.0655. The SMILES string of the molecule is CC(=O)C1=NN(c2cc(C)ccc2F)C[C@@]1(CCCN(C)C)c1ccccc1. The lowest BCUT2D eigenvalue weighted by molar-refractivity contribution is -0.111. The van der Waals surface area contributed by atoms with Gasteiger partial charge in [0.05, 0.1) is 17.6 Å². The zero-order valence-electron chi connectivity index (χ0n) is 17.1. The zero-order chi connectivity index (χ0) is 20.3. The van der Waals surface area contributed by atoms with E-state index in [1.165, 1.54) is 6.07 Å². The number of aryl methyl sites for hydroxylation is 1. The molecule has 1 heterocycles. The van der Waals surface area contributed by atoms with E-state index in [2.05, 4.69) is 10.0 Å². The van der Waals surface area contributed by atoms with E-state index in [4.69, 9.17) is 0 Å². The van der Waals surface area contributed by atoms with Gasteiger partial charge in [0.15, 0.2) is 5.78 Å². The van der Waals surface area contributed by atoms with Crippen molar-refractivity contribution in [2.75, 3.05) is 32.2 Å². The summed E-state index contributed by atoms with van der Waals surface area (Å²) < 4.78 is 14.6. The highest BCUT2D eigenvalue weighted by Gasteiger charge is 2.46. The minimum Gasteiger partial charge on any atom is -0.309 e. The predicted molar refractivity (Wildman–Crippen MR) is 113 cm³/mol. The van der Waals surface area contributed by atoms with Gasteiger partial charge in [-0.25, -0.2) is 4.39 Å². The summed E-state index contributed by atoms with van der Waals surface area (Å²) in [7, 11) is 4.08. The fraction of sp³-hybridized carbons (Fsp3) is 0.391. The Morgan fingerprint density at radius 2 is 1.93 bits per heavy atom. The van der Waals surface area contributed by atoms with Crippen molar-refractivity contribution in [3.63, 3.8) is 0 Å². The Hall–Kier alpha value is -2.53. The van der Waals surface area contributed by atoms with Crippen molar-refractivity contribution >= 4 is 17.2 Å². The lowest BCUT2D eigenvalue weighted by Gasteiger charge is -2.31. The average molecular weight is 381 g/mol. The molecule has 0 N–H and O–H groups in total. The maximum Gasteiger partial charge on any atom is 0.176 e. The number of anilines is 1. The first-order valence-electron chi connectivity index (χ1n) is 9.67. The van der Waals surface area contributed by atoms with E-state index in [0.717, 1.165) is 30.5 Å². The van der Waals surface area contributed by atoms with E-state index in [1.807, 2.05) is 51.4 Å². The number of nitrogens with zero attached hydrogens (tertiary/aromatic N) is 3. The fourth-order valence-corrected chi connectivity index (χ4v) is 3.97. The number of hydrazone groups is 1. The zero-order valence-corrected chi connectivity index (χ0v) is 17.1. The molecule has 2 aromatic carbocycles. The lowest BCUT2D eigenvalue weighted by Crippen LogP contribution is -2.42. The first kappa shape index (κ1) is 20.2. The third-order valence-corrected chi connectivity index (χ3v) is 5.34. The molecule has 0 spiro atoms. The summed E-state index contributed by atoms with van der Waals surface area (Å²) in [6.45, 7) is 4.85. The second kappa shape index (κ2) is 8.23. The van der Waals surface area contributed by atoms with E-state index in [1.54, 1.807) is 24.1 Å².